The van der Waals surface area contributed by atoms with E-state index < -0.39 is 0 Å². The number of rotatable bonds is 5. The molecule has 0 fully saturated rings. The Hall–Kier alpha value is -2.29. The van der Waals surface area contributed by atoms with E-state index in [1.54, 1.807) is 19.2 Å². The summed E-state index contributed by atoms with van der Waals surface area (Å²) >= 11 is 0. The van der Waals surface area contributed by atoms with Crippen molar-refractivity contribution in [2.75, 3.05) is 12.4 Å². The van der Waals surface area contributed by atoms with Crippen molar-refractivity contribution in [2.45, 2.75) is 26.2 Å². The molecule has 0 heterocycles. The first-order chi connectivity index (χ1) is 10.2. The lowest BCUT2D eigenvalue weighted by atomic mass is 9.97. The lowest BCUT2D eigenvalue weighted by molar-refractivity contribution is 0.102. The molecule has 0 saturated carbocycles. The average molecular weight is 283 g/mol. The third-order valence-corrected chi connectivity index (χ3v) is 3.70. The topological polar surface area (TPSA) is 38.3 Å². The third-order valence-electron chi connectivity index (χ3n) is 3.70. The van der Waals surface area contributed by atoms with Crippen molar-refractivity contribution in [1.82, 2.24) is 0 Å². The van der Waals surface area contributed by atoms with Crippen molar-refractivity contribution < 1.29 is 9.53 Å². The largest absolute Gasteiger partial charge is 0.496 e. The summed E-state index contributed by atoms with van der Waals surface area (Å²) in [7, 11) is 1.57. The van der Waals surface area contributed by atoms with Crippen molar-refractivity contribution in [2.24, 2.45) is 0 Å². The number of benzene rings is 2. The lowest BCUT2D eigenvalue weighted by Crippen LogP contribution is -2.14. The second kappa shape index (κ2) is 6.93. The van der Waals surface area contributed by atoms with Gasteiger partial charge in [-0.3, -0.25) is 4.79 Å². The Balaban J connectivity index is 2.28. The number of carbonyl (C=O) groups is 1. The number of anilines is 1. The standard InChI is InChI=1S/C18H21NO2/c1-4-13(2)14-9-5-7-11-16(14)19-18(20)15-10-6-8-12-17(15)21-3/h5-13H,4H2,1-3H3,(H,19,20). The van der Waals surface area contributed by atoms with Crippen LogP contribution in [0, 0.1) is 0 Å². The zero-order valence-electron chi connectivity index (χ0n) is 12.7. The molecule has 0 saturated heterocycles. The molecular weight excluding hydrogens is 262 g/mol. The summed E-state index contributed by atoms with van der Waals surface area (Å²) in [5.74, 6) is 0.832. The van der Waals surface area contributed by atoms with E-state index in [0.29, 0.717) is 17.2 Å². The van der Waals surface area contributed by atoms with Crippen LogP contribution in [-0.4, -0.2) is 13.0 Å². The molecule has 0 aromatic heterocycles. The first-order valence-electron chi connectivity index (χ1n) is 7.20. The zero-order chi connectivity index (χ0) is 15.2. The Morgan fingerprint density at radius 3 is 2.52 bits per heavy atom. The second-order valence-electron chi connectivity index (χ2n) is 5.05. The van der Waals surface area contributed by atoms with E-state index in [0.717, 1.165) is 17.7 Å². The quantitative estimate of drug-likeness (QED) is 0.879. The molecule has 2 aromatic rings. The Morgan fingerprint density at radius 1 is 1.14 bits per heavy atom. The van der Waals surface area contributed by atoms with Crippen molar-refractivity contribution in [3.8, 4) is 5.75 Å². The number of amides is 1. The highest BCUT2D eigenvalue weighted by Crippen LogP contribution is 2.27. The van der Waals surface area contributed by atoms with E-state index in [-0.39, 0.29) is 5.91 Å². The number of para-hydroxylation sites is 2. The van der Waals surface area contributed by atoms with E-state index in [1.165, 1.54) is 0 Å². The van der Waals surface area contributed by atoms with Crippen LogP contribution in [0.2, 0.25) is 0 Å². The fourth-order valence-corrected chi connectivity index (χ4v) is 2.28. The van der Waals surface area contributed by atoms with Crippen LogP contribution in [0.15, 0.2) is 48.5 Å². The van der Waals surface area contributed by atoms with E-state index in [4.69, 9.17) is 4.74 Å². The lowest BCUT2D eigenvalue weighted by Gasteiger charge is -2.16. The summed E-state index contributed by atoms with van der Waals surface area (Å²) in [5, 5.41) is 3.00. The predicted molar refractivity (Wildman–Crippen MR) is 86.1 cm³/mol. The smallest absolute Gasteiger partial charge is 0.259 e. The second-order valence-corrected chi connectivity index (χ2v) is 5.05. The molecule has 110 valence electrons. The molecule has 2 rings (SSSR count). The molecular formula is C18H21NO2. The van der Waals surface area contributed by atoms with Gasteiger partial charge in [0.15, 0.2) is 0 Å². The van der Waals surface area contributed by atoms with E-state index >= 15 is 0 Å². The molecule has 0 bridgehead atoms. The predicted octanol–water partition coefficient (Wildman–Crippen LogP) is 4.46. The summed E-state index contributed by atoms with van der Waals surface area (Å²) in [5.41, 5.74) is 2.56. The number of hydrogen-bond acceptors (Lipinski definition) is 2. The van der Waals surface area contributed by atoms with Crippen LogP contribution < -0.4 is 10.1 Å². The van der Waals surface area contributed by atoms with Crippen LogP contribution in [0.5, 0.6) is 5.75 Å². The van der Waals surface area contributed by atoms with Gasteiger partial charge < -0.3 is 10.1 Å². The minimum absolute atomic E-state index is 0.150. The average Bonchev–Trinajstić information content (AvgIpc) is 2.54. The minimum Gasteiger partial charge on any atom is -0.496 e. The van der Waals surface area contributed by atoms with E-state index in [1.807, 2.05) is 30.3 Å². The summed E-state index contributed by atoms with van der Waals surface area (Å²) < 4.78 is 5.24. The van der Waals surface area contributed by atoms with Gasteiger partial charge in [0.2, 0.25) is 0 Å². The normalized spacial score (nSPS) is 11.8. The molecule has 3 nitrogen and oxygen atoms in total. The Morgan fingerprint density at radius 2 is 1.81 bits per heavy atom. The van der Waals surface area contributed by atoms with Crippen molar-refractivity contribution in [1.29, 1.82) is 0 Å². The Kier molecular flexibility index (Phi) is 4.99. The molecule has 1 N–H and O–H groups in total. The van der Waals surface area contributed by atoms with Gasteiger partial charge in [0.25, 0.3) is 5.91 Å². The van der Waals surface area contributed by atoms with Crippen LogP contribution >= 0.6 is 0 Å². The Bertz CT molecular complexity index is 622. The van der Waals surface area contributed by atoms with Crippen LogP contribution in [-0.2, 0) is 0 Å². The van der Waals surface area contributed by atoms with Crippen molar-refractivity contribution >= 4 is 11.6 Å². The van der Waals surface area contributed by atoms with Gasteiger partial charge in [0.05, 0.1) is 12.7 Å². The molecule has 0 spiro atoms. The molecule has 1 amide bonds. The van der Waals surface area contributed by atoms with Crippen LogP contribution in [0.1, 0.15) is 42.1 Å². The zero-order valence-corrected chi connectivity index (χ0v) is 12.7. The highest BCUT2D eigenvalue weighted by Gasteiger charge is 2.14. The molecule has 0 aliphatic heterocycles. The summed E-state index contributed by atoms with van der Waals surface area (Å²) in [6, 6.07) is 15.2. The summed E-state index contributed by atoms with van der Waals surface area (Å²) in [6.07, 6.45) is 1.03. The first-order valence-corrected chi connectivity index (χ1v) is 7.20. The molecule has 0 radical (unpaired) electrons. The molecule has 21 heavy (non-hydrogen) atoms. The van der Waals surface area contributed by atoms with Gasteiger partial charge in [-0.05, 0) is 36.1 Å². The van der Waals surface area contributed by atoms with Crippen molar-refractivity contribution in [3.05, 3.63) is 59.7 Å². The fraction of sp³-hybridized carbons (Fsp3) is 0.278. The van der Waals surface area contributed by atoms with Gasteiger partial charge in [-0.25, -0.2) is 0 Å². The highest BCUT2D eigenvalue weighted by atomic mass is 16.5. The summed E-state index contributed by atoms with van der Waals surface area (Å²) in [4.78, 5) is 12.5. The number of carbonyl (C=O) groups excluding carboxylic acids is 1. The number of hydrogen-bond donors (Lipinski definition) is 1. The summed E-state index contributed by atoms with van der Waals surface area (Å²) in [6.45, 7) is 4.30. The maximum absolute atomic E-state index is 12.5. The van der Waals surface area contributed by atoms with E-state index in [9.17, 15) is 4.79 Å². The van der Waals surface area contributed by atoms with Crippen molar-refractivity contribution in [3.63, 3.8) is 0 Å². The molecule has 0 aliphatic rings. The number of ether oxygens (including phenoxy) is 1. The molecule has 1 unspecified atom stereocenters. The molecule has 0 aliphatic carbocycles. The van der Waals surface area contributed by atoms with Gasteiger partial charge in [-0.2, -0.15) is 0 Å². The van der Waals surface area contributed by atoms with Gasteiger partial charge in [-0.15, -0.1) is 0 Å². The number of nitrogens with one attached hydrogen (secondary N) is 1. The van der Waals surface area contributed by atoms with Crippen LogP contribution in [0.25, 0.3) is 0 Å². The first kappa shape index (κ1) is 15.1. The number of methoxy groups -OCH3 is 1. The maximum atomic E-state index is 12.5. The maximum Gasteiger partial charge on any atom is 0.259 e. The van der Waals surface area contributed by atoms with Gasteiger partial charge in [-0.1, -0.05) is 44.2 Å². The van der Waals surface area contributed by atoms with Gasteiger partial charge in [0, 0.05) is 5.69 Å². The molecule has 2 aromatic carbocycles. The molecule has 3 heteroatoms. The highest BCUT2D eigenvalue weighted by molar-refractivity contribution is 6.06. The Labute approximate surface area is 126 Å². The monoisotopic (exact) mass is 283 g/mol. The van der Waals surface area contributed by atoms with E-state index in [2.05, 4.69) is 25.2 Å². The van der Waals surface area contributed by atoms with Gasteiger partial charge >= 0.3 is 0 Å². The minimum atomic E-state index is -0.150. The van der Waals surface area contributed by atoms with Crippen LogP contribution in [0.3, 0.4) is 0 Å². The fourth-order valence-electron chi connectivity index (χ4n) is 2.28. The molecule has 1 atom stereocenters. The van der Waals surface area contributed by atoms with Crippen LogP contribution in [0.4, 0.5) is 5.69 Å². The SMILES string of the molecule is CCC(C)c1ccccc1NC(=O)c1ccccc1OC. The van der Waals surface area contributed by atoms with Gasteiger partial charge in [0.1, 0.15) is 5.75 Å². The third kappa shape index (κ3) is 3.43.